The van der Waals surface area contributed by atoms with E-state index >= 15 is 0 Å². The van der Waals surface area contributed by atoms with Gasteiger partial charge >= 0.3 is 5.97 Å². The van der Waals surface area contributed by atoms with Gasteiger partial charge < -0.3 is 10.1 Å². The fourth-order valence-corrected chi connectivity index (χ4v) is 4.01. The molecule has 29 heavy (non-hydrogen) atoms. The van der Waals surface area contributed by atoms with E-state index in [0.717, 1.165) is 25.1 Å². The first kappa shape index (κ1) is 21.1. The summed E-state index contributed by atoms with van der Waals surface area (Å²) in [6, 6.07) is 17.8. The van der Waals surface area contributed by atoms with Gasteiger partial charge in [-0.2, -0.15) is 0 Å². The lowest BCUT2D eigenvalue weighted by Gasteiger charge is -2.35. The number of amides is 1. The zero-order chi connectivity index (χ0) is 20.9. The van der Waals surface area contributed by atoms with E-state index in [1.807, 2.05) is 30.3 Å². The highest BCUT2D eigenvalue weighted by Gasteiger charge is 2.42. The van der Waals surface area contributed by atoms with E-state index in [1.54, 1.807) is 19.1 Å². The van der Waals surface area contributed by atoms with Crippen molar-refractivity contribution in [3.8, 4) is 0 Å². The minimum absolute atomic E-state index is 0.173. The van der Waals surface area contributed by atoms with Crippen LogP contribution in [-0.4, -0.2) is 48.1 Å². The van der Waals surface area contributed by atoms with Gasteiger partial charge in [0, 0.05) is 19.0 Å². The molecule has 0 fully saturated rings. The summed E-state index contributed by atoms with van der Waals surface area (Å²) in [6.45, 7) is 8.27. The highest BCUT2D eigenvalue weighted by Crippen LogP contribution is 2.28. The monoisotopic (exact) mass is 394 g/mol. The third-order valence-electron chi connectivity index (χ3n) is 5.70. The molecule has 1 amide bonds. The Balaban J connectivity index is 1.70. The Hall–Kier alpha value is -2.66. The molecule has 1 N–H and O–H groups in total. The van der Waals surface area contributed by atoms with Gasteiger partial charge in [0.15, 0.2) is 5.60 Å². The van der Waals surface area contributed by atoms with Crippen molar-refractivity contribution in [2.45, 2.75) is 45.3 Å². The largest absolute Gasteiger partial charge is 0.445 e. The standard InChI is InChI=1S/C24H30N2O3/c1-4-26(5-2)20(15-18-11-7-6-8-12-18)17-25-23(28)24(3)16-19-13-9-10-14-21(19)22(27)29-24/h6-14,20H,4-5,15-17H2,1-3H3,(H,25,28). The molecule has 0 saturated heterocycles. The van der Waals surface area contributed by atoms with Gasteiger partial charge in [-0.1, -0.05) is 62.4 Å². The summed E-state index contributed by atoms with van der Waals surface area (Å²) in [6.07, 6.45) is 1.23. The van der Waals surface area contributed by atoms with E-state index in [9.17, 15) is 9.59 Å². The molecule has 0 bridgehead atoms. The van der Waals surface area contributed by atoms with Crippen LogP contribution in [0.2, 0.25) is 0 Å². The SMILES string of the molecule is CCN(CC)C(CNC(=O)C1(C)Cc2ccccc2C(=O)O1)Cc1ccccc1. The number of hydrogen-bond donors (Lipinski definition) is 1. The molecule has 2 aromatic carbocycles. The summed E-state index contributed by atoms with van der Waals surface area (Å²) in [4.78, 5) is 27.7. The highest BCUT2D eigenvalue weighted by atomic mass is 16.6. The number of likely N-dealkylation sites (N-methyl/N-ethyl adjacent to an activating group) is 1. The van der Waals surface area contributed by atoms with Crippen molar-refractivity contribution in [3.63, 3.8) is 0 Å². The van der Waals surface area contributed by atoms with Gasteiger partial charge in [0.1, 0.15) is 0 Å². The lowest BCUT2D eigenvalue weighted by atomic mass is 9.89. The number of esters is 1. The van der Waals surface area contributed by atoms with E-state index in [-0.39, 0.29) is 11.9 Å². The quantitative estimate of drug-likeness (QED) is 0.699. The maximum atomic E-state index is 13.0. The first-order valence-corrected chi connectivity index (χ1v) is 10.3. The topological polar surface area (TPSA) is 58.6 Å². The normalized spacial score (nSPS) is 19.4. The van der Waals surface area contributed by atoms with Crippen LogP contribution in [-0.2, 0) is 22.4 Å². The molecule has 2 aromatic rings. The molecule has 0 aromatic heterocycles. The third-order valence-corrected chi connectivity index (χ3v) is 5.70. The average Bonchev–Trinajstić information content (AvgIpc) is 2.73. The predicted molar refractivity (Wildman–Crippen MR) is 114 cm³/mol. The Morgan fingerprint density at radius 3 is 2.45 bits per heavy atom. The lowest BCUT2D eigenvalue weighted by molar-refractivity contribution is -0.140. The third kappa shape index (κ3) is 4.85. The second-order valence-electron chi connectivity index (χ2n) is 7.73. The average molecular weight is 395 g/mol. The van der Waals surface area contributed by atoms with Crippen molar-refractivity contribution < 1.29 is 14.3 Å². The number of hydrogen-bond acceptors (Lipinski definition) is 4. The fraction of sp³-hybridized carbons (Fsp3) is 0.417. The van der Waals surface area contributed by atoms with Crippen molar-refractivity contribution in [1.82, 2.24) is 10.2 Å². The minimum Gasteiger partial charge on any atom is -0.445 e. The summed E-state index contributed by atoms with van der Waals surface area (Å²) in [5.74, 6) is -0.681. The maximum absolute atomic E-state index is 13.0. The number of ether oxygens (including phenoxy) is 1. The van der Waals surface area contributed by atoms with E-state index in [1.165, 1.54) is 5.56 Å². The van der Waals surface area contributed by atoms with Crippen molar-refractivity contribution in [2.24, 2.45) is 0 Å². The zero-order valence-corrected chi connectivity index (χ0v) is 17.5. The Bertz CT molecular complexity index is 848. The predicted octanol–water partition coefficient (Wildman–Crippen LogP) is 3.23. The van der Waals surface area contributed by atoms with Crippen LogP contribution in [0.15, 0.2) is 54.6 Å². The molecular weight excluding hydrogens is 364 g/mol. The number of benzene rings is 2. The van der Waals surface area contributed by atoms with Gasteiger partial charge in [0.25, 0.3) is 5.91 Å². The molecule has 3 rings (SSSR count). The van der Waals surface area contributed by atoms with Gasteiger partial charge in [-0.3, -0.25) is 9.69 Å². The molecule has 0 saturated carbocycles. The lowest BCUT2D eigenvalue weighted by Crippen LogP contribution is -2.54. The van der Waals surface area contributed by atoms with Crippen LogP contribution in [0.4, 0.5) is 0 Å². The van der Waals surface area contributed by atoms with Crippen molar-refractivity contribution >= 4 is 11.9 Å². The molecule has 0 aliphatic carbocycles. The summed E-state index contributed by atoms with van der Waals surface area (Å²) in [5.41, 5.74) is 1.45. The van der Waals surface area contributed by atoms with Crippen LogP contribution in [0.1, 0.15) is 42.3 Å². The van der Waals surface area contributed by atoms with Crippen LogP contribution in [0.5, 0.6) is 0 Å². The van der Waals surface area contributed by atoms with Crippen LogP contribution in [0, 0.1) is 0 Å². The van der Waals surface area contributed by atoms with E-state index in [2.05, 4.69) is 36.2 Å². The first-order chi connectivity index (χ1) is 14.0. The summed E-state index contributed by atoms with van der Waals surface area (Å²) < 4.78 is 5.56. The molecule has 2 atom stereocenters. The summed E-state index contributed by atoms with van der Waals surface area (Å²) in [5, 5.41) is 3.06. The van der Waals surface area contributed by atoms with Gasteiger partial charge in [0.05, 0.1) is 5.56 Å². The van der Waals surface area contributed by atoms with Gasteiger partial charge in [-0.25, -0.2) is 4.79 Å². The second kappa shape index (κ2) is 9.23. The molecule has 0 spiro atoms. The van der Waals surface area contributed by atoms with Crippen molar-refractivity contribution in [2.75, 3.05) is 19.6 Å². The summed E-state index contributed by atoms with van der Waals surface area (Å²) >= 11 is 0. The smallest absolute Gasteiger partial charge is 0.339 e. The van der Waals surface area contributed by atoms with Gasteiger partial charge in [-0.15, -0.1) is 0 Å². The molecule has 1 aliphatic heterocycles. The van der Waals surface area contributed by atoms with Gasteiger partial charge in [-0.05, 0) is 43.6 Å². The zero-order valence-electron chi connectivity index (χ0n) is 17.5. The number of carbonyl (C=O) groups is 2. The Kier molecular flexibility index (Phi) is 6.70. The molecule has 154 valence electrons. The number of nitrogens with zero attached hydrogens (tertiary/aromatic N) is 1. The highest BCUT2D eigenvalue weighted by molar-refractivity contribution is 5.97. The van der Waals surface area contributed by atoms with E-state index in [4.69, 9.17) is 4.74 Å². The van der Waals surface area contributed by atoms with E-state index < -0.39 is 11.6 Å². The molecule has 0 radical (unpaired) electrons. The number of nitrogens with one attached hydrogen (secondary N) is 1. The van der Waals surface area contributed by atoms with Crippen molar-refractivity contribution in [3.05, 3.63) is 71.3 Å². The fourth-order valence-electron chi connectivity index (χ4n) is 4.01. The molecule has 2 unspecified atom stereocenters. The molecule has 1 heterocycles. The Labute approximate surface area is 173 Å². The van der Waals surface area contributed by atoms with E-state index in [0.29, 0.717) is 18.5 Å². The van der Waals surface area contributed by atoms with Crippen LogP contribution in [0.3, 0.4) is 0 Å². The van der Waals surface area contributed by atoms with Crippen LogP contribution in [0.25, 0.3) is 0 Å². The Morgan fingerprint density at radius 2 is 1.76 bits per heavy atom. The molecule has 5 nitrogen and oxygen atoms in total. The molecular formula is C24H30N2O3. The van der Waals surface area contributed by atoms with Crippen molar-refractivity contribution in [1.29, 1.82) is 0 Å². The first-order valence-electron chi connectivity index (χ1n) is 10.3. The second-order valence-corrected chi connectivity index (χ2v) is 7.73. The minimum atomic E-state index is -1.19. The van der Waals surface area contributed by atoms with Crippen LogP contribution >= 0.6 is 0 Å². The molecule has 1 aliphatic rings. The maximum Gasteiger partial charge on any atom is 0.339 e. The summed E-state index contributed by atoms with van der Waals surface area (Å²) in [7, 11) is 0. The van der Waals surface area contributed by atoms with Gasteiger partial charge in [0.2, 0.25) is 0 Å². The number of cyclic esters (lactones) is 1. The Morgan fingerprint density at radius 1 is 1.10 bits per heavy atom. The number of rotatable bonds is 8. The number of fused-ring (bicyclic) bond motifs is 1. The number of carbonyl (C=O) groups excluding carboxylic acids is 2. The molecule has 5 heteroatoms. The van der Waals surface area contributed by atoms with Crippen LogP contribution < -0.4 is 5.32 Å².